The maximum Gasteiger partial charge on any atom is 0.250 e. The lowest BCUT2D eigenvalue weighted by Gasteiger charge is -2.08. The van der Waals surface area contributed by atoms with Crippen molar-refractivity contribution in [3.05, 3.63) is 17.0 Å². The van der Waals surface area contributed by atoms with Crippen molar-refractivity contribution in [2.45, 2.75) is 25.0 Å². The molecule has 2 N–H and O–H groups in total. The first-order chi connectivity index (χ1) is 8.31. The van der Waals surface area contributed by atoms with Crippen LogP contribution in [0.15, 0.2) is 16.3 Å². The topological polar surface area (TPSA) is 75.3 Å². The summed E-state index contributed by atoms with van der Waals surface area (Å²) in [7, 11) is -3.57. The van der Waals surface area contributed by atoms with E-state index in [4.69, 9.17) is 0 Å². The van der Waals surface area contributed by atoms with E-state index in [0.29, 0.717) is 12.5 Å². The number of nitrogens with one attached hydrogen (secondary N) is 2. The molecule has 1 rings (SSSR count). The lowest BCUT2D eigenvalue weighted by molar-refractivity contribution is -0.120. The fraction of sp³-hybridized carbons (Fsp3) is 0.545. The predicted molar refractivity (Wildman–Crippen MR) is 72.1 cm³/mol. The molecule has 0 bridgehead atoms. The zero-order valence-electron chi connectivity index (χ0n) is 10.7. The molecule has 0 saturated carbocycles. The van der Waals surface area contributed by atoms with Gasteiger partial charge >= 0.3 is 0 Å². The lowest BCUT2D eigenvalue weighted by Crippen LogP contribution is -2.38. The Balaban J connectivity index is 2.50. The molecule has 0 aliphatic heterocycles. The second-order valence-corrected chi connectivity index (χ2v) is 7.67. The number of amides is 1. The highest BCUT2D eigenvalue weighted by Gasteiger charge is 2.17. The number of carbonyl (C=O) groups is 1. The molecule has 0 fully saturated rings. The van der Waals surface area contributed by atoms with Gasteiger partial charge in [0.25, 0.3) is 10.0 Å². The molecular weight excluding hydrogens is 272 g/mol. The van der Waals surface area contributed by atoms with Gasteiger partial charge in [-0.3, -0.25) is 4.79 Å². The van der Waals surface area contributed by atoms with E-state index in [1.807, 2.05) is 20.8 Å². The molecular formula is C11H18N2O3S2. The standard InChI is InChI=1S/C11H18N2O3S2/c1-8(2)6-12-10(14)7-13-18(15,16)11-5-4-9(3)17-11/h4-5,8,13H,6-7H2,1-3H3,(H,12,14). The van der Waals surface area contributed by atoms with E-state index in [1.54, 1.807) is 6.07 Å². The molecule has 0 aliphatic carbocycles. The minimum Gasteiger partial charge on any atom is -0.355 e. The van der Waals surface area contributed by atoms with E-state index in [0.717, 1.165) is 4.88 Å². The van der Waals surface area contributed by atoms with E-state index < -0.39 is 10.0 Å². The van der Waals surface area contributed by atoms with E-state index in [1.165, 1.54) is 17.4 Å². The van der Waals surface area contributed by atoms with Gasteiger partial charge < -0.3 is 5.32 Å². The average molecular weight is 290 g/mol. The van der Waals surface area contributed by atoms with E-state index in [-0.39, 0.29) is 16.7 Å². The first-order valence-corrected chi connectivity index (χ1v) is 7.94. The van der Waals surface area contributed by atoms with Gasteiger partial charge in [0.1, 0.15) is 4.21 Å². The van der Waals surface area contributed by atoms with Crippen molar-refractivity contribution in [1.29, 1.82) is 0 Å². The lowest BCUT2D eigenvalue weighted by atomic mass is 10.2. The van der Waals surface area contributed by atoms with Crippen LogP contribution in [0, 0.1) is 12.8 Å². The molecule has 0 saturated heterocycles. The van der Waals surface area contributed by atoms with Crippen molar-refractivity contribution in [3.63, 3.8) is 0 Å². The Morgan fingerprint density at radius 2 is 2.06 bits per heavy atom. The second kappa shape index (κ2) is 6.31. The van der Waals surface area contributed by atoms with Gasteiger partial charge in [0, 0.05) is 11.4 Å². The molecule has 0 unspecified atom stereocenters. The highest BCUT2D eigenvalue weighted by molar-refractivity contribution is 7.91. The van der Waals surface area contributed by atoms with Gasteiger partial charge in [0.15, 0.2) is 0 Å². The third kappa shape index (κ3) is 4.75. The monoisotopic (exact) mass is 290 g/mol. The quantitative estimate of drug-likeness (QED) is 0.824. The smallest absolute Gasteiger partial charge is 0.250 e. The number of hydrogen-bond donors (Lipinski definition) is 2. The van der Waals surface area contributed by atoms with Crippen molar-refractivity contribution in [2.24, 2.45) is 5.92 Å². The Labute approximate surface area is 112 Å². The number of thiophene rings is 1. The van der Waals surface area contributed by atoms with E-state index in [2.05, 4.69) is 10.0 Å². The molecule has 1 amide bonds. The first-order valence-electron chi connectivity index (χ1n) is 5.64. The van der Waals surface area contributed by atoms with Crippen LogP contribution >= 0.6 is 11.3 Å². The number of hydrogen-bond acceptors (Lipinski definition) is 4. The van der Waals surface area contributed by atoms with Gasteiger partial charge in [0.2, 0.25) is 5.91 Å². The molecule has 7 heteroatoms. The van der Waals surface area contributed by atoms with Crippen LogP contribution in [0.5, 0.6) is 0 Å². The highest BCUT2D eigenvalue weighted by Crippen LogP contribution is 2.19. The van der Waals surface area contributed by atoms with Crippen LogP contribution in [-0.4, -0.2) is 27.4 Å². The molecule has 0 aliphatic rings. The van der Waals surface area contributed by atoms with Crippen molar-refractivity contribution in [1.82, 2.24) is 10.0 Å². The van der Waals surface area contributed by atoms with Crippen molar-refractivity contribution >= 4 is 27.3 Å². The molecule has 5 nitrogen and oxygen atoms in total. The highest BCUT2D eigenvalue weighted by atomic mass is 32.2. The largest absolute Gasteiger partial charge is 0.355 e. The molecule has 102 valence electrons. The second-order valence-electron chi connectivity index (χ2n) is 4.39. The Bertz CT molecular complexity index is 506. The fourth-order valence-corrected chi connectivity index (χ4v) is 3.48. The zero-order valence-corrected chi connectivity index (χ0v) is 12.3. The van der Waals surface area contributed by atoms with Crippen LogP contribution in [0.3, 0.4) is 0 Å². The van der Waals surface area contributed by atoms with Gasteiger partial charge in [-0.25, -0.2) is 13.1 Å². The van der Waals surface area contributed by atoms with Crippen LogP contribution in [-0.2, 0) is 14.8 Å². The van der Waals surface area contributed by atoms with Crippen LogP contribution < -0.4 is 10.0 Å². The van der Waals surface area contributed by atoms with E-state index >= 15 is 0 Å². The van der Waals surface area contributed by atoms with Gasteiger partial charge in [0.05, 0.1) is 6.54 Å². The summed E-state index contributed by atoms with van der Waals surface area (Å²) in [5.74, 6) is 0.0195. The van der Waals surface area contributed by atoms with Crippen LogP contribution in [0.1, 0.15) is 18.7 Å². The first kappa shape index (κ1) is 15.1. The minimum absolute atomic E-state index is 0.230. The van der Waals surface area contributed by atoms with Gasteiger partial charge in [-0.15, -0.1) is 11.3 Å². The summed E-state index contributed by atoms with van der Waals surface area (Å²) in [6.45, 7) is 6.08. The third-order valence-corrected chi connectivity index (χ3v) is 5.00. The molecule has 0 atom stereocenters. The normalized spacial score (nSPS) is 11.8. The summed E-state index contributed by atoms with van der Waals surface area (Å²) in [4.78, 5) is 12.3. The van der Waals surface area contributed by atoms with E-state index in [9.17, 15) is 13.2 Å². The van der Waals surface area contributed by atoms with Crippen molar-refractivity contribution in [2.75, 3.05) is 13.1 Å². The average Bonchev–Trinajstić information content (AvgIpc) is 2.71. The third-order valence-electron chi connectivity index (χ3n) is 2.11. The number of rotatable bonds is 6. The molecule has 0 radical (unpaired) electrons. The fourth-order valence-electron chi connectivity index (χ4n) is 1.17. The molecule has 0 aromatic carbocycles. The maximum atomic E-state index is 11.8. The summed E-state index contributed by atoms with van der Waals surface area (Å²) in [5, 5.41) is 2.65. The number of aryl methyl sites for hydroxylation is 1. The molecule has 18 heavy (non-hydrogen) atoms. The molecule has 1 heterocycles. The van der Waals surface area contributed by atoms with Crippen LogP contribution in [0.2, 0.25) is 0 Å². The Hall–Kier alpha value is -0.920. The summed E-state index contributed by atoms with van der Waals surface area (Å²) >= 11 is 1.18. The predicted octanol–water partition coefficient (Wildman–Crippen LogP) is 1.11. The Kier molecular flexibility index (Phi) is 5.30. The SMILES string of the molecule is Cc1ccc(S(=O)(=O)NCC(=O)NCC(C)C)s1. The Morgan fingerprint density at radius 1 is 1.39 bits per heavy atom. The molecule has 0 spiro atoms. The summed E-state index contributed by atoms with van der Waals surface area (Å²) in [6.07, 6.45) is 0. The van der Waals surface area contributed by atoms with Gasteiger partial charge in [-0.2, -0.15) is 0 Å². The van der Waals surface area contributed by atoms with Crippen molar-refractivity contribution < 1.29 is 13.2 Å². The molecule has 1 aromatic rings. The number of carbonyl (C=O) groups excluding carboxylic acids is 1. The summed E-state index contributed by atoms with van der Waals surface area (Å²) in [5.41, 5.74) is 0. The van der Waals surface area contributed by atoms with Crippen LogP contribution in [0.4, 0.5) is 0 Å². The van der Waals surface area contributed by atoms with Gasteiger partial charge in [-0.05, 0) is 25.0 Å². The number of sulfonamides is 1. The summed E-state index contributed by atoms with van der Waals surface area (Å²) in [6, 6.07) is 3.27. The zero-order chi connectivity index (χ0) is 13.8. The summed E-state index contributed by atoms with van der Waals surface area (Å²) < 4.78 is 26.1. The minimum atomic E-state index is -3.57. The maximum absolute atomic E-state index is 11.8. The molecule has 1 aromatic heterocycles. The van der Waals surface area contributed by atoms with Gasteiger partial charge in [-0.1, -0.05) is 13.8 Å². The van der Waals surface area contributed by atoms with Crippen molar-refractivity contribution in [3.8, 4) is 0 Å². The van der Waals surface area contributed by atoms with Crippen LogP contribution in [0.25, 0.3) is 0 Å². The Morgan fingerprint density at radius 3 is 2.56 bits per heavy atom.